The number of ether oxygens (including phenoxy) is 1. The van der Waals surface area contributed by atoms with Gasteiger partial charge in [0.1, 0.15) is 12.1 Å². The number of nitrogens with zero attached hydrogens (tertiary/aromatic N) is 4. The normalized spacial score (nSPS) is 20.6. The molecule has 0 N–H and O–H groups in total. The van der Waals surface area contributed by atoms with Crippen LogP contribution < -0.4 is 4.90 Å². The Morgan fingerprint density at radius 2 is 2.26 bits per heavy atom. The van der Waals surface area contributed by atoms with Gasteiger partial charge in [-0.1, -0.05) is 6.92 Å². The van der Waals surface area contributed by atoms with Gasteiger partial charge in [-0.2, -0.15) is 0 Å². The fraction of sp³-hybridized carbons (Fsp3) is 0.714. The Labute approximate surface area is 115 Å². The molecular weight excluding hydrogens is 240 g/mol. The minimum Gasteiger partial charge on any atom is -0.379 e. The topological polar surface area (TPSA) is 41.5 Å². The van der Waals surface area contributed by atoms with Crippen molar-refractivity contribution < 1.29 is 4.74 Å². The molecule has 19 heavy (non-hydrogen) atoms. The summed E-state index contributed by atoms with van der Waals surface area (Å²) >= 11 is 0. The molecule has 0 spiro atoms. The minimum atomic E-state index is 0.526. The van der Waals surface area contributed by atoms with Gasteiger partial charge >= 0.3 is 0 Å². The second-order valence-corrected chi connectivity index (χ2v) is 5.37. The third kappa shape index (κ3) is 4.14. The first-order chi connectivity index (χ1) is 9.19. The lowest BCUT2D eigenvalue weighted by molar-refractivity contribution is 0.113. The van der Waals surface area contributed by atoms with E-state index < -0.39 is 0 Å². The average Bonchev–Trinajstić information content (AvgIpc) is 2.64. The number of hydrogen-bond donors (Lipinski definition) is 0. The SMILES string of the molecule is CCc1cc(N2CCOC[C@H](CN(C)C)C2)ncn1. The molecular formula is C14H24N4O. The molecule has 0 radical (unpaired) electrons. The van der Waals surface area contributed by atoms with Gasteiger partial charge in [0.05, 0.1) is 13.2 Å². The molecule has 0 saturated carbocycles. The van der Waals surface area contributed by atoms with Crippen LogP contribution in [0.5, 0.6) is 0 Å². The van der Waals surface area contributed by atoms with Crippen molar-refractivity contribution in [3.63, 3.8) is 0 Å². The Balaban J connectivity index is 2.08. The van der Waals surface area contributed by atoms with Crippen LogP contribution >= 0.6 is 0 Å². The van der Waals surface area contributed by atoms with Gasteiger partial charge in [-0.25, -0.2) is 9.97 Å². The maximum Gasteiger partial charge on any atom is 0.132 e. The van der Waals surface area contributed by atoms with E-state index in [-0.39, 0.29) is 0 Å². The van der Waals surface area contributed by atoms with E-state index in [4.69, 9.17) is 4.74 Å². The monoisotopic (exact) mass is 264 g/mol. The number of aromatic nitrogens is 2. The molecule has 1 atom stereocenters. The van der Waals surface area contributed by atoms with Gasteiger partial charge in [0, 0.05) is 37.3 Å². The molecule has 1 aliphatic heterocycles. The van der Waals surface area contributed by atoms with E-state index in [9.17, 15) is 0 Å². The van der Waals surface area contributed by atoms with Crippen molar-refractivity contribution >= 4 is 5.82 Å². The number of rotatable bonds is 4. The molecule has 106 valence electrons. The second-order valence-electron chi connectivity index (χ2n) is 5.37. The molecule has 1 aliphatic rings. The molecule has 1 aromatic rings. The third-order valence-electron chi connectivity index (χ3n) is 3.36. The van der Waals surface area contributed by atoms with Crippen molar-refractivity contribution in [1.82, 2.24) is 14.9 Å². The van der Waals surface area contributed by atoms with Crippen LogP contribution in [0.2, 0.25) is 0 Å². The van der Waals surface area contributed by atoms with E-state index >= 15 is 0 Å². The highest BCUT2D eigenvalue weighted by molar-refractivity contribution is 5.39. The summed E-state index contributed by atoms with van der Waals surface area (Å²) in [6, 6.07) is 2.10. The lowest BCUT2D eigenvalue weighted by Gasteiger charge is -2.26. The predicted molar refractivity (Wildman–Crippen MR) is 76.5 cm³/mol. The molecule has 1 saturated heterocycles. The summed E-state index contributed by atoms with van der Waals surface area (Å²) in [5.41, 5.74) is 1.10. The summed E-state index contributed by atoms with van der Waals surface area (Å²) < 4.78 is 5.70. The standard InChI is InChI=1S/C14H24N4O/c1-4-13-7-14(16-11-15-13)18-5-6-19-10-12(9-18)8-17(2)3/h7,11-12H,4-6,8-10H2,1-3H3/t12-/m1/s1. The van der Waals surface area contributed by atoms with Crippen LogP contribution in [0, 0.1) is 5.92 Å². The largest absolute Gasteiger partial charge is 0.379 e. The summed E-state index contributed by atoms with van der Waals surface area (Å²) in [4.78, 5) is 13.2. The summed E-state index contributed by atoms with van der Waals surface area (Å²) in [7, 11) is 4.21. The van der Waals surface area contributed by atoms with Crippen LogP contribution in [0.1, 0.15) is 12.6 Å². The van der Waals surface area contributed by atoms with Gasteiger partial charge in [0.15, 0.2) is 0 Å². The van der Waals surface area contributed by atoms with Gasteiger partial charge in [-0.05, 0) is 20.5 Å². The van der Waals surface area contributed by atoms with E-state index in [0.29, 0.717) is 5.92 Å². The Morgan fingerprint density at radius 1 is 1.42 bits per heavy atom. The number of anilines is 1. The van der Waals surface area contributed by atoms with E-state index in [0.717, 1.165) is 50.8 Å². The van der Waals surface area contributed by atoms with Gasteiger partial charge in [-0.3, -0.25) is 0 Å². The maximum absolute atomic E-state index is 5.70. The molecule has 5 heteroatoms. The van der Waals surface area contributed by atoms with Crippen LogP contribution in [-0.2, 0) is 11.2 Å². The molecule has 0 unspecified atom stereocenters. The van der Waals surface area contributed by atoms with Gasteiger partial charge in [0.2, 0.25) is 0 Å². The molecule has 1 fully saturated rings. The van der Waals surface area contributed by atoms with Crippen LogP contribution in [0.15, 0.2) is 12.4 Å². The first kappa shape index (κ1) is 14.2. The zero-order valence-corrected chi connectivity index (χ0v) is 12.2. The zero-order valence-electron chi connectivity index (χ0n) is 12.2. The number of aryl methyl sites for hydroxylation is 1. The van der Waals surface area contributed by atoms with Crippen LogP contribution in [-0.4, -0.2) is 61.8 Å². The highest BCUT2D eigenvalue weighted by atomic mass is 16.5. The lowest BCUT2D eigenvalue weighted by Crippen LogP contribution is -2.35. The highest BCUT2D eigenvalue weighted by Gasteiger charge is 2.20. The van der Waals surface area contributed by atoms with Crippen molar-refractivity contribution in [2.75, 3.05) is 51.8 Å². The number of hydrogen-bond acceptors (Lipinski definition) is 5. The Hall–Kier alpha value is -1.20. The smallest absolute Gasteiger partial charge is 0.132 e. The summed E-state index contributed by atoms with van der Waals surface area (Å²) in [5, 5.41) is 0. The van der Waals surface area contributed by atoms with Gasteiger partial charge < -0.3 is 14.5 Å². The summed E-state index contributed by atoms with van der Waals surface area (Å²) in [6.45, 7) is 6.67. The van der Waals surface area contributed by atoms with Crippen LogP contribution in [0.3, 0.4) is 0 Å². The molecule has 2 heterocycles. The second kappa shape index (κ2) is 6.82. The summed E-state index contributed by atoms with van der Waals surface area (Å²) in [6.07, 6.45) is 2.61. The lowest BCUT2D eigenvalue weighted by atomic mass is 10.1. The van der Waals surface area contributed by atoms with E-state index in [1.54, 1.807) is 6.33 Å². The first-order valence-electron chi connectivity index (χ1n) is 6.97. The predicted octanol–water partition coefficient (Wildman–Crippen LogP) is 1.05. The maximum atomic E-state index is 5.70. The van der Waals surface area contributed by atoms with Crippen molar-refractivity contribution in [3.8, 4) is 0 Å². The van der Waals surface area contributed by atoms with Crippen molar-refractivity contribution in [1.29, 1.82) is 0 Å². The van der Waals surface area contributed by atoms with Crippen molar-refractivity contribution in [2.24, 2.45) is 5.92 Å². The molecule has 0 amide bonds. The van der Waals surface area contributed by atoms with Crippen LogP contribution in [0.25, 0.3) is 0 Å². The van der Waals surface area contributed by atoms with Gasteiger partial charge in [0.25, 0.3) is 0 Å². The van der Waals surface area contributed by atoms with E-state index in [1.807, 2.05) is 0 Å². The molecule has 0 aliphatic carbocycles. The molecule has 0 bridgehead atoms. The Kier molecular flexibility index (Phi) is 5.10. The van der Waals surface area contributed by atoms with Gasteiger partial charge in [-0.15, -0.1) is 0 Å². The highest BCUT2D eigenvalue weighted by Crippen LogP contribution is 2.16. The fourth-order valence-corrected chi connectivity index (χ4v) is 2.47. The summed E-state index contributed by atoms with van der Waals surface area (Å²) in [5.74, 6) is 1.55. The third-order valence-corrected chi connectivity index (χ3v) is 3.36. The molecule has 1 aromatic heterocycles. The van der Waals surface area contributed by atoms with E-state index in [1.165, 1.54) is 0 Å². The zero-order chi connectivity index (χ0) is 13.7. The molecule has 5 nitrogen and oxygen atoms in total. The fourth-order valence-electron chi connectivity index (χ4n) is 2.47. The van der Waals surface area contributed by atoms with Crippen LogP contribution in [0.4, 0.5) is 5.82 Å². The Morgan fingerprint density at radius 3 is 3.00 bits per heavy atom. The Bertz CT molecular complexity index is 397. The quantitative estimate of drug-likeness (QED) is 0.813. The first-order valence-corrected chi connectivity index (χ1v) is 6.97. The van der Waals surface area contributed by atoms with Crippen molar-refractivity contribution in [2.45, 2.75) is 13.3 Å². The van der Waals surface area contributed by atoms with E-state index in [2.05, 4.69) is 46.9 Å². The minimum absolute atomic E-state index is 0.526. The average molecular weight is 264 g/mol. The van der Waals surface area contributed by atoms with Crippen molar-refractivity contribution in [3.05, 3.63) is 18.1 Å². The molecule has 2 rings (SSSR count). The molecule has 0 aromatic carbocycles.